The Hall–Kier alpha value is -7.41. The van der Waals surface area contributed by atoms with Gasteiger partial charge >= 0.3 is 0 Å². The molecule has 0 radical (unpaired) electrons. The van der Waals surface area contributed by atoms with Crippen LogP contribution in [0.1, 0.15) is 0 Å². The first-order valence-corrected chi connectivity index (χ1v) is 19.8. The van der Waals surface area contributed by atoms with Crippen molar-refractivity contribution in [1.29, 1.82) is 0 Å². The molecule has 0 aliphatic heterocycles. The number of furan rings is 1. The Kier molecular flexibility index (Phi) is 7.03. The van der Waals surface area contributed by atoms with Gasteiger partial charge in [0.25, 0.3) is 0 Å². The molecule has 5 nitrogen and oxygen atoms in total. The van der Waals surface area contributed by atoms with Crippen LogP contribution in [0.25, 0.3) is 115 Å². The maximum absolute atomic E-state index is 6.94. The molecule has 0 saturated carbocycles. The second-order valence-corrected chi connectivity index (χ2v) is 15.5. The Balaban J connectivity index is 1.02. The smallest absolute Gasteiger partial charge is 0.167 e. The fraction of sp³-hybridized carbons (Fsp3) is 0. The Bertz CT molecular complexity index is 3420. The van der Waals surface area contributed by atoms with Gasteiger partial charge in [-0.15, -0.1) is 11.3 Å². The normalized spacial score (nSPS) is 11.9. The summed E-state index contributed by atoms with van der Waals surface area (Å²) in [7, 11) is 0. The van der Waals surface area contributed by atoms with Crippen molar-refractivity contribution in [3.63, 3.8) is 0 Å². The second kappa shape index (κ2) is 12.6. The summed E-state index contributed by atoms with van der Waals surface area (Å²) >= 11 is 1.83. The van der Waals surface area contributed by atoms with Crippen molar-refractivity contribution in [3.8, 4) is 51.0 Å². The minimum absolute atomic E-state index is 0.569. The molecule has 4 aromatic heterocycles. The lowest BCUT2D eigenvalue weighted by molar-refractivity contribution is 0.670. The van der Waals surface area contributed by atoms with Gasteiger partial charge in [-0.1, -0.05) is 133 Å². The van der Waals surface area contributed by atoms with Gasteiger partial charge < -0.3 is 8.98 Å². The van der Waals surface area contributed by atoms with Crippen molar-refractivity contribution < 1.29 is 4.42 Å². The summed E-state index contributed by atoms with van der Waals surface area (Å²) in [5.41, 5.74) is 9.98. The molecule has 8 aromatic carbocycles. The van der Waals surface area contributed by atoms with Crippen LogP contribution in [-0.2, 0) is 0 Å². The van der Waals surface area contributed by atoms with Crippen molar-refractivity contribution in [2.45, 2.75) is 0 Å². The van der Waals surface area contributed by atoms with Crippen molar-refractivity contribution in [3.05, 3.63) is 182 Å². The number of thiophene rings is 1. The fourth-order valence-electron chi connectivity index (χ4n) is 8.43. The molecule has 0 aliphatic carbocycles. The van der Waals surface area contributed by atoms with E-state index in [2.05, 4.69) is 120 Å². The van der Waals surface area contributed by atoms with Crippen LogP contribution in [0.4, 0.5) is 0 Å². The number of benzene rings is 8. The molecule has 0 unspecified atom stereocenters. The van der Waals surface area contributed by atoms with E-state index in [0.717, 1.165) is 55.4 Å². The van der Waals surface area contributed by atoms with Crippen molar-refractivity contribution in [1.82, 2.24) is 19.5 Å². The van der Waals surface area contributed by atoms with Crippen LogP contribution in [0.5, 0.6) is 0 Å². The van der Waals surface area contributed by atoms with E-state index >= 15 is 0 Å². The molecule has 266 valence electrons. The van der Waals surface area contributed by atoms with Crippen LogP contribution in [0.15, 0.2) is 186 Å². The molecular formula is C51H30N4OS. The molecule has 4 heterocycles. The second-order valence-electron chi connectivity index (χ2n) is 14.4. The molecule has 0 spiro atoms. The van der Waals surface area contributed by atoms with Crippen LogP contribution >= 0.6 is 11.3 Å². The maximum atomic E-state index is 6.94. The first kappa shape index (κ1) is 31.9. The Labute approximate surface area is 330 Å². The molecule has 0 N–H and O–H groups in total. The Morgan fingerprint density at radius 3 is 1.53 bits per heavy atom. The lowest BCUT2D eigenvalue weighted by Gasteiger charge is -2.08. The molecule has 0 fully saturated rings. The Morgan fingerprint density at radius 2 is 0.877 bits per heavy atom. The Morgan fingerprint density at radius 1 is 0.368 bits per heavy atom. The number of aromatic nitrogens is 4. The summed E-state index contributed by atoms with van der Waals surface area (Å²) in [5, 5.41) is 7.07. The lowest BCUT2D eigenvalue weighted by atomic mass is 10.00. The monoisotopic (exact) mass is 746 g/mol. The number of hydrogen-bond donors (Lipinski definition) is 0. The van der Waals surface area contributed by atoms with Gasteiger partial charge in [-0.2, -0.15) is 0 Å². The summed E-state index contributed by atoms with van der Waals surface area (Å²) in [6.07, 6.45) is 0. The molecule has 0 atom stereocenters. The van der Waals surface area contributed by atoms with Gasteiger partial charge in [0, 0.05) is 64.1 Å². The molecule has 0 amide bonds. The highest BCUT2D eigenvalue weighted by Gasteiger charge is 2.20. The van der Waals surface area contributed by atoms with Crippen molar-refractivity contribution in [2.24, 2.45) is 0 Å². The standard InChI is InChI=1S/C51H30N4OS/c1-3-13-31(14-4-1)49-52-50(32-15-5-2-6-16-32)54-51(53-49)40-22-12-21-39-38-20-11-19-35(47(38)56-48(39)40)33-25-27-45-41(29-33)42-30-34(26-28-46(42)57-45)55-43-23-9-7-17-36(43)37-18-8-10-24-44(37)55/h1-30H. The van der Waals surface area contributed by atoms with E-state index < -0.39 is 0 Å². The van der Waals surface area contributed by atoms with Gasteiger partial charge in [-0.3, -0.25) is 0 Å². The molecule has 12 aromatic rings. The maximum Gasteiger partial charge on any atom is 0.167 e. The van der Waals surface area contributed by atoms with Gasteiger partial charge in [0.05, 0.1) is 16.6 Å². The third-order valence-corrected chi connectivity index (χ3v) is 12.2. The molecule has 0 aliphatic rings. The average molecular weight is 747 g/mol. The van der Waals surface area contributed by atoms with E-state index in [1.807, 2.05) is 78.1 Å². The summed E-state index contributed by atoms with van der Waals surface area (Å²) < 4.78 is 11.9. The molecule has 6 heteroatoms. The van der Waals surface area contributed by atoms with E-state index in [0.29, 0.717) is 17.5 Å². The minimum Gasteiger partial charge on any atom is -0.455 e. The average Bonchev–Trinajstić information content (AvgIpc) is 3.96. The van der Waals surface area contributed by atoms with E-state index in [1.54, 1.807) is 0 Å². The molecule has 0 saturated heterocycles. The van der Waals surface area contributed by atoms with Crippen LogP contribution in [0.2, 0.25) is 0 Å². The minimum atomic E-state index is 0.569. The number of nitrogens with zero attached hydrogens (tertiary/aromatic N) is 4. The molecule has 57 heavy (non-hydrogen) atoms. The number of rotatable bonds is 5. The van der Waals surface area contributed by atoms with Gasteiger partial charge in [0.15, 0.2) is 17.5 Å². The zero-order valence-electron chi connectivity index (χ0n) is 30.4. The van der Waals surface area contributed by atoms with Crippen LogP contribution in [0, 0.1) is 0 Å². The third-order valence-electron chi connectivity index (χ3n) is 11.1. The molecule has 0 bridgehead atoms. The van der Waals surface area contributed by atoms with E-state index in [9.17, 15) is 0 Å². The highest BCUT2D eigenvalue weighted by Crippen LogP contribution is 2.43. The zero-order chi connectivity index (χ0) is 37.5. The fourth-order valence-corrected chi connectivity index (χ4v) is 9.49. The number of fused-ring (bicyclic) bond motifs is 9. The third kappa shape index (κ3) is 5.04. The van der Waals surface area contributed by atoms with Gasteiger partial charge in [-0.25, -0.2) is 15.0 Å². The highest BCUT2D eigenvalue weighted by molar-refractivity contribution is 7.25. The highest BCUT2D eigenvalue weighted by atomic mass is 32.1. The summed E-state index contributed by atoms with van der Waals surface area (Å²) in [6, 6.07) is 63.8. The summed E-state index contributed by atoms with van der Waals surface area (Å²) in [4.78, 5) is 15.0. The first-order valence-electron chi connectivity index (χ1n) is 19.0. The van der Waals surface area contributed by atoms with Gasteiger partial charge in [0.2, 0.25) is 0 Å². The van der Waals surface area contributed by atoms with Crippen LogP contribution in [0.3, 0.4) is 0 Å². The number of para-hydroxylation sites is 4. The summed E-state index contributed by atoms with van der Waals surface area (Å²) in [6.45, 7) is 0. The van der Waals surface area contributed by atoms with E-state index in [4.69, 9.17) is 19.4 Å². The van der Waals surface area contributed by atoms with Crippen molar-refractivity contribution >= 4 is 75.3 Å². The van der Waals surface area contributed by atoms with E-state index in [1.165, 1.54) is 42.0 Å². The predicted octanol–water partition coefficient (Wildman–Crippen LogP) is 13.9. The molecular weight excluding hydrogens is 717 g/mol. The largest absolute Gasteiger partial charge is 0.455 e. The van der Waals surface area contributed by atoms with Gasteiger partial charge in [-0.05, 0) is 54.1 Å². The van der Waals surface area contributed by atoms with Gasteiger partial charge in [0.1, 0.15) is 11.2 Å². The predicted molar refractivity (Wildman–Crippen MR) is 236 cm³/mol. The molecule has 12 rings (SSSR count). The number of hydrogen-bond acceptors (Lipinski definition) is 5. The summed E-state index contributed by atoms with van der Waals surface area (Å²) in [5.74, 6) is 1.80. The van der Waals surface area contributed by atoms with Crippen LogP contribution in [-0.4, -0.2) is 19.5 Å². The zero-order valence-corrected chi connectivity index (χ0v) is 31.2. The topological polar surface area (TPSA) is 56.7 Å². The SMILES string of the molecule is c1ccc(-c2nc(-c3ccccc3)nc(-c3cccc4c3oc3c(-c5ccc6sc7ccc(-n8c9ccccc9c9ccccc98)cc7c6c5)cccc34)n2)cc1. The first-order chi connectivity index (χ1) is 28.2. The quantitative estimate of drug-likeness (QED) is 0.176. The van der Waals surface area contributed by atoms with Crippen LogP contribution < -0.4 is 0 Å². The lowest BCUT2D eigenvalue weighted by Crippen LogP contribution is -2.00. The van der Waals surface area contributed by atoms with E-state index in [-0.39, 0.29) is 0 Å². The van der Waals surface area contributed by atoms with Crippen molar-refractivity contribution in [2.75, 3.05) is 0 Å².